The van der Waals surface area contributed by atoms with Gasteiger partial charge in [0.15, 0.2) is 11.5 Å². The number of benzene rings is 2. The monoisotopic (exact) mass is 334 g/mol. The summed E-state index contributed by atoms with van der Waals surface area (Å²) in [6.45, 7) is 0. The molecule has 0 aliphatic carbocycles. The third-order valence-corrected chi connectivity index (χ3v) is 3.85. The Morgan fingerprint density at radius 3 is 2.40 bits per heavy atom. The van der Waals surface area contributed by atoms with Crippen molar-refractivity contribution in [1.29, 1.82) is 0 Å². The Morgan fingerprint density at radius 1 is 0.950 bits per heavy atom. The van der Waals surface area contributed by atoms with Crippen LogP contribution < -0.4 is 9.47 Å². The zero-order chi connectivity index (χ0) is 14.4. The van der Waals surface area contributed by atoms with Crippen LogP contribution in [0.2, 0.25) is 0 Å². The summed E-state index contributed by atoms with van der Waals surface area (Å²) in [7, 11) is 3.32. The molecular weight excluding hydrogens is 316 g/mol. The van der Waals surface area contributed by atoms with Gasteiger partial charge < -0.3 is 9.47 Å². The van der Waals surface area contributed by atoms with Crippen LogP contribution in [0.15, 0.2) is 42.5 Å². The molecule has 0 spiro atoms. The average Bonchev–Trinajstić information content (AvgIpc) is 2.52. The highest BCUT2D eigenvalue weighted by atomic mass is 79.9. The summed E-state index contributed by atoms with van der Waals surface area (Å²) in [6, 6.07) is 14.6. The number of rotatable bonds is 6. The second-order valence-electron chi connectivity index (χ2n) is 4.52. The first kappa shape index (κ1) is 14.9. The first-order chi connectivity index (χ1) is 9.80. The summed E-state index contributed by atoms with van der Waals surface area (Å²) in [5.74, 6) is 1.52. The largest absolute Gasteiger partial charge is 0.493 e. The van der Waals surface area contributed by atoms with Gasteiger partial charge in [0.25, 0.3) is 0 Å². The first-order valence-electron chi connectivity index (χ1n) is 6.66. The Morgan fingerprint density at radius 2 is 1.70 bits per heavy atom. The highest BCUT2D eigenvalue weighted by Crippen LogP contribution is 2.33. The summed E-state index contributed by atoms with van der Waals surface area (Å²) >= 11 is 3.49. The molecule has 0 aliphatic rings. The third kappa shape index (κ3) is 3.34. The minimum absolute atomic E-state index is 0.759. The van der Waals surface area contributed by atoms with Gasteiger partial charge in [-0.3, -0.25) is 0 Å². The van der Waals surface area contributed by atoms with E-state index in [1.54, 1.807) is 14.2 Å². The minimum Gasteiger partial charge on any atom is -0.493 e. The summed E-state index contributed by atoms with van der Waals surface area (Å²) in [6.07, 6.45) is 2.19. The summed E-state index contributed by atoms with van der Waals surface area (Å²) in [5.41, 5.74) is 3.78. The Balaban J connectivity index is 2.40. The molecule has 0 atom stereocenters. The van der Waals surface area contributed by atoms with Crippen LogP contribution in [0.3, 0.4) is 0 Å². The second-order valence-corrected chi connectivity index (χ2v) is 5.31. The van der Waals surface area contributed by atoms with E-state index in [1.807, 2.05) is 12.1 Å². The lowest BCUT2D eigenvalue weighted by atomic mass is 9.96. The van der Waals surface area contributed by atoms with Crippen LogP contribution in [-0.2, 0) is 6.42 Å². The maximum Gasteiger partial charge on any atom is 0.161 e. The molecular formula is C17H19BrO2. The molecule has 0 aromatic heterocycles. The highest BCUT2D eigenvalue weighted by molar-refractivity contribution is 9.09. The summed E-state index contributed by atoms with van der Waals surface area (Å²) < 4.78 is 10.7. The lowest BCUT2D eigenvalue weighted by molar-refractivity contribution is 0.355. The highest BCUT2D eigenvalue weighted by Gasteiger charge is 2.09. The summed E-state index contributed by atoms with van der Waals surface area (Å²) in [5, 5.41) is 1.02. The van der Waals surface area contributed by atoms with Gasteiger partial charge in [-0.05, 0) is 41.7 Å². The van der Waals surface area contributed by atoms with Gasteiger partial charge in [0.2, 0.25) is 0 Å². The zero-order valence-electron chi connectivity index (χ0n) is 11.9. The Bertz CT molecular complexity index is 567. The molecule has 0 aliphatic heterocycles. The first-order valence-corrected chi connectivity index (χ1v) is 7.78. The van der Waals surface area contributed by atoms with Crippen LogP contribution in [0, 0.1) is 0 Å². The predicted octanol–water partition coefficient (Wildman–Crippen LogP) is 4.70. The normalized spacial score (nSPS) is 10.3. The Labute approximate surface area is 128 Å². The van der Waals surface area contributed by atoms with Crippen LogP contribution in [0.25, 0.3) is 11.1 Å². The van der Waals surface area contributed by atoms with Gasteiger partial charge in [-0.1, -0.05) is 46.3 Å². The van der Waals surface area contributed by atoms with Crippen LogP contribution in [0.1, 0.15) is 12.0 Å². The van der Waals surface area contributed by atoms with E-state index in [0.29, 0.717) is 0 Å². The fourth-order valence-electron chi connectivity index (χ4n) is 2.28. The molecule has 0 saturated heterocycles. The van der Waals surface area contributed by atoms with Crippen molar-refractivity contribution in [3.8, 4) is 22.6 Å². The number of methoxy groups -OCH3 is 2. The van der Waals surface area contributed by atoms with Crippen LogP contribution in [-0.4, -0.2) is 19.5 Å². The van der Waals surface area contributed by atoms with Gasteiger partial charge in [0, 0.05) is 5.33 Å². The van der Waals surface area contributed by atoms with E-state index in [9.17, 15) is 0 Å². The molecule has 0 amide bonds. The smallest absolute Gasteiger partial charge is 0.161 e. The van der Waals surface area contributed by atoms with Gasteiger partial charge >= 0.3 is 0 Å². The molecule has 3 heteroatoms. The maximum absolute atomic E-state index is 5.39. The number of halogens is 1. The number of hydrogen-bond acceptors (Lipinski definition) is 2. The van der Waals surface area contributed by atoms with Crippen molar-refractivity contribution < 1.29 is 9.47 Å². The fourth-order valence-corrected chi connectivity index (χ4v) is 2.56. The molecule has 2 rings (SSSR count). The molecule has 0 N–H and O–H groups in total. The van der Waals surface area contributed by atoms with Crippen molar-refractivity contribution >= 4 is 15.9 Å². The van der Waals surface area contributed by atoms with E-state index in [0.717, 1.165) is 35.2 Å². The van der Waals surface area contributed by atoms with Crippen molar-refractivity contribution in [1.82, 2.24) is 0 Å². The van der Waals surface area contributed by atoms with E-state index in [1.165, 1.54) is 11.1 Å². The molecule has 0 saturated carbocycles. The van der Waals surface area contributed by atoms with E-state index in [4.69, 9.17) is 9.47 Å². The molecule has 20 heavy (non-hydrogen) atoms. The van der Waals surface area contributed by atoms with Gasteiger partial charge in [-0.25, -0.2) is 0 Å². The predicted molar refractivity (Wildman–Crippen MR) is 87.1 cm³/mol. The molecule has 2 aromatic rings. The van der Waals surface area contributed by atoms with Crippen LogP contribution >= 0.6 is 15.9 Å². The van der Waals surface area contributed by atoms with E-state index in [2.05, 4.69) is 46.3 Å². The average molecular weight is 335 g/mol. The van der Waals surface area contributed by atoms with Gasteiger partial charge in [0.05, 0.1) is 14.2 Å². The Kier molecular flexibility index (Phi) is 5.48. The van der Waals surface area contributed by atoms with E-state index in [-0.39, 0.29) is 0 Å². The summed E-state index contributed by atoms with van der Waals surface area (Å²) in [4.78, 5) is 0. The van der Waals surface area contributed by atoms with E-state index >= 15 is 0 Å². The van der Waals surface area contributed by atoms with Crippen molar-refractivity contribution in [2.45, 2.75) is 12.8 Å². The Hall–Kier alpha value is -1.48. The number of aryl methyl sites for hydroxylation is 1. The topological polar surface area (TPSA) is 18.5 Å². The third-order valence-electron chi connectivity index (χ3n) is 3.29. The van der Waals surface area contributed by atoms with Crippen molar-refractivity contribution in [2.24, 2.45) is 0 Å². The molecule has 0 bridgehead atoms. The number of ether oxygens (including phenoxy) is 2. The maximum atomic E-state index is 5.39. The molecule has 2 aromatic carbocycles. The lowest BCUT2D eigenvalue weighted by Gasteiger charge is -2.12. The molecule has 2 nitrogen and oxygen atoms in total. The molecule has 0 heterocycles. The fraction of sp³-hybridized carbons (Fsp3) is 0.294. The second kappa shape index (κ2) is 7.34. The zero-order valence-corrected chi connectivity index (χ0v) is 13.4. The molecule has 0 fully saturated rings. The van der Waals surface area contributed by atoms with Gasteiger partial charge in [-0.2, -0.15) is 0 Å². The van der Waals surface area contributed by atoms with Crippen molar-refractivity contribution in [3.05, 3.63) is 48.0 Å². The lowest BCUT2D eigenvalue weighted by Crippen LogP contribution is -1.94. The molecule has 0 radical (unpaired) electrons. The SMILES string of the molecule is COc1ccc(-c2ccccc2CCCBr)cc1OC. The van der Waals surface area contributed by atoms with Gasteiger partial charge in [-0.15, -0.1) is 0 Å². The molecule has 0 unspecified atom stereocenters. The minimum atomic E-state index is 0.759. The molecule has 106 valence electrons. The van der Waals surface area contributed by atoms with E-state index < -0.39 is 0 Å². The number of alkyl halides is 1. The van der Waals surface area contributed by atoms with Gasteiger partial charge in [0.1, 0.15) is 0 Å². The quantitative estimate of drug-likeness (QED) is 0.713. The van der Waals surface area contributed by atoms with Crippen molar-refractivity contribution in [2.75, 3.05) is 19.5 Å². The standard InChI is InChI=1S/C17H19BrO2/c1-19-16-10-9-14(12-17(16)20-2)15-8-4-3-6-13(15)7-5-11-18/h3-4,6,8-10,12H,5,7,11H2,1-2H3. The number of hydrogen-bond donors (Lipinski definition) is 0. The van der Waals surface area contributed by atoms with Crippen LogP contribution in [0.5, 0.6) is 11.5 Å². The van der Waals surface area contributed by atoms with Crippen molar-refractivity contribution in [3.63, 3.8) is 0 Å². The van der Waals surface area contributed by atoms with Crippen LogP contribution in [0.4, 0.5) is 0 Å².